The minimum absolute atomic E-state index is 0.250. The monoisotopic (exact) mass is 389 g/mol. The molecule has 1 aliphatic heterocycles. The average molecular weight is 389 g/mol. The molecule has 0 aliphatic carbocycles. The molecular formula is C21H31N3O4. The summed E-state index contributed by atoms with van der Waals surface area (Å²) < 4.78 is 5.36. The van der Waals surface area contributed by atoms with Crippen LogP contribution >= 0.6 is 0 Å². The molecule has 1 N–H and O–H groups in total. The van der Waals surface area contributed by atoms with Gasteiger partial charge in [-0.1, -0.05) is 30.3 Å². The van der Waals surface area contributed by atoms with Crippen molar-refractivity contribution in [3.05, 3.63) is 35.9 Å². The van der Waals surface area contributed by atoms with Gasteiger partial charge >= 0.3 is 6.09 Å². The van der Waals surface area contributed by atoms with Gasteiger partial charge in [0.05, 0.1) is 5.92 Å². The van der Waals surface area contributed by atoms with E-state index in [1.807, 2.05) is 18.2 Å². The SMILES string of the molecule is CN(C)C(=O)[C@@H](c1ccccc1)[C@H](NC(=O)OC(C)(C)C)C(=O)N1CCCC1. The van der Waals surface area contributed by atoms with Crippen LogP contribution in [0.3, 0.4) is 0 Å². The summed E-state index contributed by atoms with van der Waals surface area (Å²) in [5.74, 6) is -1.34. The average Bonchev–Trinajstić information content (AvgIpc) is 3.14. The Morgan fingerprint density at radius 1 is 1.07 bits per heavy atom. The highest BCUT2D eigenvalue weighted by atomic mass is 16.6. The van der Waals surface area contributed by atoms with E-state index in [9.17, 15) is 14.4 Å². The van der Waals surface area contributed by atoms with E-state index in [0.717, 1.165) is 12.8 Å². The highest BCUT2D eigenvalue weighted by molar-refractivity contribution is 5.95. The third-order valence-corrected chi connectivity index (χ3v) is 4.55. The second-order valence-corrected chi connectivity index (χ2v) is 8.28. The molecule has 1 aromatic carbocycles. The number of likely N-dealkylation sites (N-methyl/N-ethyl adjacent to an activating group) is 1. The summed E-state index contributed by atoms with van der Waals surface area (Å²) in [5.41, 5.74) is -0.0335. The lowest BCUT2D eigenvalue weighted by Crippen LogP contribution is -2.54. The van der Waals surface area contributed by atoms with Gasteiger partial charge in [-0.3, -0.25) is 9.59 Å². The van der Waals surface area contributed by atoms with Crippen LogP contribution in [0.4, 0.5) is 4.79 Å². The molecule has 1 fully saturated rings. The number of carbonyl (C=O) groups excluding carboxylic acids is 3. The molecule has 7 heteroatoms. The summed E-state index contributed by atoms with van der Waals surface area (Å²) >= 11 is 0. The van der Waals surface area contributed by atoms with Crippen LogP contribution in [0, 0.1) is 0 Å². The normalized spacial score (nSPS) is 16.2. The largest absolute Gasteiger partial charge is 0.444 e. The van der Waals surface area contributed by atoms with Gasteiger partial charge in [-0.05, 0) is 39.2 Å². The molecule has 7 nitrogen and oxygen atoms in total. The van der Waals surface area contributed by atoms with Gasteiger partial charge in [0.15, 0.2) is 0 Å². The molecule has 1 aromatic rings. The highest BCUT2D eigenvalue weighted by Crippen LogP contribution is 2.25. The van der Waals surface area contributed by atoms with Crippen LogP contribution in [0.15, 0.2) is 30.3 Å². The van der Waals surface area contributed by atoms with Crippen molar-refractivity contribution in [3.8, 4) is 0 Å². The van der Waals surface area contributed by atoms with Crippen LogP contribution in [0.5, 0.6) is 0 Å². The molecule has 0 aromatic heterocycles. The van der Waals surface area contributed by atoms with Crippen molar-refractivity contribution >= 4 is 17.9 Å². The molecule has 0 bridgehead atoms. The number of amides is 3. The summed E-state index contributed by atoms with van der Waals surface area (Å²) in [6.45, 7) is 6.52. The Morgan fingerprint density at radius 2 is 1.64 bits per heavy atom. The molecule has 0 radical (unpaired) electrons. The Hall–Kier alpha value is -2.57. The van der Waals surface area contributed by atoms with Gasteiger partial charge in [0.2, 0.25) is 11.8 Å². The number of nitrogens with zero attached hydrogens (tertiary/aromatic N) is 2. The summed E-state index contributed by atoms with van der Waals surface area (Å²) in [6.07, 6.45) is 1.13. The Balaban J connectivity index is 2.41. The zero-order valence-corrected chi connectivity index (χ0v) is 17.4. The van der Waals surface area contributed by atoms with Crippen molar-refractivity contribution in [3.63, 3.8) is 0 Å². The van der Waals surface area contributed by atoms with E-state index in [1.54, 1.807) is 51.9 Å². The first kappa shape index (κ1) is 21.7. The predicted octanol–water partition coefficient (Wildman–Crippen LogP) is 2.37. The maximum absolute atomic E-state index is 13.3. The number of nitrogens with one attached hydrogen (secondary N) is 1. The lowest BCUT2D eigenvalue weighted by Gasteiger charge is -2.32. The van der Waals surface area contributed by atoms with E-state index < -0.39 is 23.7 Å². The van der Waals surface area contributed by atoms with Crippen LogP contribution in [-0.4, -0.2) is 66.5 Å². The maximum atomic E-state index is 13.3. The molecule has 1 saturated heterocycles. The van der Waals surface area contributed by atoms with Crippen LogP contribution < -0.4 is 5.32 Å². The van der Waals surface area contributed by atoms with Crippen LogP contribution in [0.1, 0.15) is 45.1 Å². The van der Waals surface area contributed by atoms with E-state index in [1.165, 1.54) is 4.90 Å². The van der Waals surface area contributed by atoms with E-state index in [0.29, 0.717) is 18.7 Å². The lowest BCUT2D eigenvalue weighted by molar-refractivity contribution is -0.139. The van der Waals surface area contributed by atoms with Gasteiger partial charge in [-0.15, -0.1) is 0 Å². The molecular weight excluding hydrogens is 358 g/mol. The summed E-state index contributed by atoms with van der Waals surface area (Å²) in [6, 6.07) is 8.04. The summed E-state index contributed by atoms with van der Waals surface area (Å²) in [7, 11) is 3.28. The van der Waals surface area contributed by atoms with Crippen molar-refractivity contribution in [2.24, 2.45) is 0 Å². The zero-order chi connectivity index (χ0) is 20.9. The second-order valence-electron chi connectivity index (χ2n) is 8.28. The van der Waals surface area contributed by atoms with Crippen molar-refractivity contribution in [2.75, 3.05) is 27.2 Å². The van der Waals surface area contributed by atoms with E-state index in [2.05, 4.69) is 5.32 Å². The third-order valence-electron chi connectivity index (χ3n) is 4.55. The molecule has 28 heavy (non-hydrogen) atoms. The predicted molar refractivity (Wildman–Crippen MR) is 107 cm³/mol. The van der Waals surface area contributed by atoms with Crippen molar-refractivity contribution < 1.29 is 19.1 Å². The topological polar surface area (TPSA) is 79.0 Å². The number of carbonyl (C=O) groups is 3. The molecule has 154 valence electrons. The molecule has 2 atom stereocenters. The zero-order valence-electron chi connectivity index (χ0n) is 17.4. The minimum atomic E-state index is -1.04. The van der Waals surface area contributed by atoms with E-state index in [4.69, 9.17) is 4.74 Å². The third kappa shape index (κ3) is 5.71. The lowest BCUT2D eigenvalue weighted by atomic mass is 9.89. The van der Waals surface area contributed by atoms with Gasteiger partial charge < -0.3 is 19.9 Å². The maximum Gasteiger partial charge on any atom is 0.408 e. The van der Waals surface area contributed by atoms with E-state index >= 15 is 0 Å². The molecule has 0 unspecified atom stereocenters. The van der Waals surface area contributed by atoms with Gasteiger partial charge in [0.25, 0.3) is 0 Å². The minimum Gasteiger partial charge on any atom is -0.444 e. The Bertz CT molecular complexity index is 691. The fourth-order valence-corrected chi connectivity index (χ4v) is 3.27. The van der Waals surface area contributed by atoms with Gasteiger partial charge in [-0.2, -0.15) is 0 Å². The van der Waals surface area contributed by atoms with Gasteiger partial charge in [-0.25, -0.2) is 4.79 Å². The Morgan fingerprint density at radius 3 is 2.14 bits per heavy atom. The van der Waals surface area contributed by atoms with Crippen LogP contribution in [0.25, 0.3) is 0 Å². The molecule has 1 heterocycles. The number of likely N-dealkylation sites (tertiary alicyclic amines) is 1. The smallest absolute Gasteiger partial charge is 0.408 e. The van der Waals surface area contributed by atoms with Crippen molar-refractivity contribution in [2.45, 2.75) is 51.2 Å². The van der Waals surface area contributed by atoms with Crippen LogP contribution in [-0.2, 0) is 14.3 Å². The number of benzene rings is 1. The molecule has 0 spiro atoms. The number of alkyl carbamates (subject to hydrolysis) is 1. The second kappa shape index (κ2) is 9.08. The number of ether oxygens (including phenoxy) is 1. The Kier molecular flexibility index (Phi) is 7.05. The standard InChI is InChI=1S/C21H31N3O4/c1-21(2,3)28-20(27)22-17(19(26)24-13-9-10-14-24)16(18(25)23(4)5)15-11-7-6-8-12-15/h6-8,11-12,16-17H,9-10,13-14H2,1-5H3,(H,22,27)/t16-,17-/m0/s1. The first-order chi connectivity index (χ1) is 13.1. The fourth-order valence-electron chi connectivity index (χ4n) is 3.27. The van der Waals surface area contributed by atoms with Gasteiger partial charge in [0, 0.05) is 27.2 Å². The quantitative estimate of drug-likeness (QED) is 0.839. The fraction of sp³-hybridized carbons (Fsp3) is 0.571. The first-order valence-electron chi connectivity index (χ1n) is 9.64. The molecule has 0 saturated carbocycles. The molecule has 2 rings (SSSR count). The summed E-state index contributed by atoms with van der Waals surface area (Å²) in [5, 5.41) is 2.68. The van der Waals surface area contributed by atoms with Crippen LogP contribution in [0.2, 0.25) is 0 Å². The Labute approximate surface area is 167 Å². The van der Waals surface area contributed by atoms with Gasteiger partial charge in [0.1, 0.15) is 11.6 Å². The molecule has 3 amide bonds. The number of hydrogen-bond donors (Lipinski definition) is 1. The van der Waals surface area contributed by atoms with E-state index in [-0.39, 0.29) is 11.8 Å². The number of rotatable bonds is 5. The van der Waals surface area contributed by atoms with Crippen molar-refractivity contribution in [1.29, 1.82) is 0 Å². The number of hydrogen-bond acceptors (Lipinski definition) is 4. The summed E-state index contributed by atoms with van der Waals surface area (Å²) in [4.78, 5) is 41.9. The molecule has 1 aliphatic rings. The first-order valence-corrected chi connectivity index (χ1v) is 9.64. The highest BCUT2D eigenvalue weighted by Gasteiger charge is 2.40. The van der Waals surface area contributed by atoms with Crippen molar-refractivity contribution in [1.82, 2.24) is 15.1 Å².